The Morgan fingerprint density at radius 1 is 1.12 bits per heavy atom. The van der Waals surface area contributed by atoms with E-state index in [4.69, 9.17) is 11.6 Å². The number of anilines is 2. The third-order valence-electron chi connectivity index (χ3n) is 1.92. The molecule has 0 amide bonds. The number of aromatic nitrogens is 1. The monoisotopic (exact) mass is 360 g/mol. The highest BCUT2D eigenvalue weighted by atomic mass is 79.9. The molecule has 1 aromatic heterocycles. The van der Waals surface area contributed by atoms with Crippen LogP contribution in [-0.2, 0) is 0 Å². The van der Waals surface area contributed by atoms with Crippen LogP contribution in [0.25, 0.3) is 0 Å². The number of benzene rings is 1. The molecule has 1 aromatic carbocycles. The van der Waals surface area contributed by atoms with Gasteiger partial charge in [0.05, 0.1) is 10.7 Å². The van der Waals surface area contributed by atoms with Crippen LogP contribution in [0.1, 0.15) is 0 Å². The lowest BCUT2D eigenvalue weighted by Gasteiger charge is -2.08. The van der Waals surface area contributed by atoms with Gasteiger partial charge < -0.3 is 5.32 Å². The topological polar surface area (TPSA) is 24.9 Å². The minimum atomic E-state index is 0.624. The van der Waals surface area contributed by atoms with Gasteiger partial charge >= 0.3 is 0 Å². The zero-order chi connectivity index (χ0) is 11.5. The Kier molecular flexibility index (Phi) is 3.84. The first-order valence-electron chi connectivity index (χ1n) is 4.49. The van der Waals surface area contributed by atoms with Crippen LogP contribution in [-0.4, -0.2) is 4.98 Å². The van der Waals surface area contributed by atoms with Crippen molar-refractivity contribution < 1.29 is 0 Å². The molecule has 1 heterocycles. The molecule has 0 aliphatic rings. The number of nitrogens with zero attached hydrogens (tertiary/aromatic N) is 1. The van der Waals surface area contributed by atoms with Crippen LogP contribution in [0.15, 0.2) is 45.5 Å². The predicted octanol–water partition coefficient (Wildman–Crippen LogP) is 5.00. The minimum Gasteiger partial charge on any atom is -0.339 e. The number of nitrogens with one attached hydrogen (secondary N) is 1. The lowest BCUT2D eigenvalue weighted by Crippen LogP contribution is -1.93. The molecule has 0 bridgehead atoms. The molecule has 5 heteroatoms. The normalized spacial score (nSPS) is 10.2. The summed E-state index contributed by atoms with van der Waals surface area (Å²) in [5.74, 6) is 0.753. The van der Waals surface area contributed by atoms with Crippen LogP contribution >= 0.6 is 43.5 Å². The maximum absolute atomic E-state index is 5.76. The summed E-state index contributed by atoms with van der Waals surface area (Å²) in [6.45, 7) is 0. The van der Waals surface area contributed by atoms with Gasteiger partial charge in [0.1, 0.15) is 5.82 Å². The van der Waals surface area contributed by atoms with Crippen molar-refractivity contribution in [1.29, 1.82) is 0 Å². The summed E-state index contributed by atoms with van der Waals surface area (Å²) >= 11 is 12.6. The Morgan fingerprint density at radius 3 is 2.62 bits per heavy atom. The van der Waals surface area contributed by atoms with Gasteiger partial charge in [-0.25, -0.2) is 4.98 Å². The third-order valence-corrected chi connectivity index (χ3v) is 3.33. The Hall–Kier alpha value is -0.580. The van der Waals surface area contributed by atoms with E-state index in [9.17, 15) is 0 Å². The molecule has 2 nitrogen and oxygen atoms in total. The van der Waals surface area contributed by atoms with Gasteiger partial charge in [0.25, 0.3) is 0 Å². The van der Waals surface area contributed by atoms with Gasteiger partial charge in [-0.2, -0.15) is 0 Å². The third kappa shape index (κ3) is 2.97. The number of hydrogen-bond donors (Lipinski definition) is 1. The van der Waals surface area contributed by atoms with Crippen molar-refractivity contribution in [2.24, 2.45) is 0 Å². The van der Waals surface area contributed by atoms with Crippen molar-refractivity contribution >= 4 is 55.0 Å². The van der Waals surface area contributed by atoms with Gasteiger partial charge in [0.2, 0.25) is 0 Å². The van der Waals surface area contributed by atoms with E-state index in [1.807, 2.05) is 24.3 Å². The highest BCUT2D eigenvalue weighted by molar-refractivity contribution is 9.11. The van der Waals surface area contributed by atoms with Gasteiger partial charge in [0, 0.05) is 15.1 Å². The van der Waals surface area contributed by atoms with Crippen molar-refractivity contribution in [3.63, 3.8) is 0 Å². The van der Waals surface area contributed by atoms with Crippen molar-refractivity contribution in [1.82, 2.24) is 4.98 Å². The zero-order valence-electron chi connectivity index (χ0n) is 8.05. The molecule has 0 unspecified atom stereocenters. The molecule has 0 saturated carbocycles. The van der Waals surface area contributed by atoms with Crippen LogP contribution in [0.2, 0.25) is 5.02 Å². The van der Waals surface area contributed by atoms with E-state index >= 15 is 0 Å². The SMILES string of the molecule is Clc1ccc(Nc2cc(Br)ccc2Br)nc1. The van der Waals surface area contributed by atoms with E-state index in [2.05, 4.69) is 42.2 Å². The number of hydrogen-bond acceptors (Lipinski definition) is 2. The van der Waals surface area contributed by atoms with Crippen molar-refractivity contribution in [3.05, 3.63) is 50.5 Å². The van der Waals surface area contributed by atoms with Gasteiger partial charge in [0.15, 0.2) is 0 Å². The molecule has 82 valence electrons. The molecular weight excluding hydrogens is 355 g/mol. The van der Waals surface area contributed by atoms with Crippen molar-refractivity contribution in [2.45, 2.75) is 0 Å². The van der Waals surface area contributed by atoms with Gasteiger partial charge in [-0.1, -0.05) is 27.5 Å². The Labute approximate surface area is 115 Å². The van der Waals surface area contributed by atoms with Crippen LogP contribution in [0, 0.1) is 0 Å². The van der Waals surface area contributed by atoms with Crippen LogP contribution in [0.4, 0.5) is 11.5 Å². The Bertz CT molecular complexity index is 500. The molecule has 0 aliphatic heterocycles. The standard InChI is InChI=1S/C11H7Br2ClN2/c12-7-1-3-9(13)10(5-7)16-11-4-2-8(14)6-15-11/h1-6H,(H,15,16). The van der Waals surface area contributed by atoms with Crippen molar-refractivity contribution in [2.75, 3.05) is 5.32 Å². The van der Waals surface area contributed by atoms with E-state index in [1.165, 1.54) is 0 Å². The second-order valence-electron chi connectivity index (χ2n) is 3.11. The molecule has 1 N–H and O–H groups in total. The summed E-state index contributed by atoms with van der Waals surface area (Å²) < 4.78 is 1.99. The van der Waals surface area contributed by atoms with E-state index < -0.39 is 0 Å². The van der Waals surface area contributed by atoms with Crippen LogP contribution in [0.3, 0.4) is 0 Å². The Balaban J connectivity index is 2.26. The minimum absolute atomic E-state index is 0.624. The van der Waals surface area contributed by atoms with Crippen LogP contribution in [0.5, 0.6) is 0 Å². The summed E-state index contributed by atoms with van der Waals surface area (Å²) in [6, 6.07) is 9.52. The largest absolute Gasteiger partial charge is 0.339 e. The van der Waals surface area contributed by atoms with E-state index in [-0.39, 0.29) is 0 Å². The second kappa shape index (κ2) is 5.17. The van der Waals surface area contributed by atoms with E-state index in [0.29, 0.717) is 5.02 Å². The van der Waals surface area contributed by atoms with Gasteiger partial charge in [-0.3, -0.25) is 0 Å². The molecule has 0 aliphatic carbocycles. The summed E-state index contributed by atoms with van der Waals surface area (Å²) in [5, 5.41) is 3.82. The molecule has 0 spiro atoms. The second-order valence-corrected chi connectivity index (χ2v) is 5.32. The molecule has 2 rings (SSSR count). The smallest absolute Gasteiger partial charge is 0.130 e. The molecule has 0 saturated heterocycles. The Morgan fingerprint density at radius 2 is 1.94 bits per heavy atom. The van der Waals surface area contributed by atoms with Gasteiger partial charge in [-0.15, -0.1) is 0 Å². The summed E-state index contributed by atoms with van der Waals surface area (Å²) in [7, 11) is 0. The molecular formula is C11H7Br2ClN2. The average molecular weight is 362 g/mol. The lowest BCUT2D eigenvalue weighted by atomic mass is 10.3. The fourth-order valence-electron chi connectivity index (χ4n) is 1.18. The maximum atomic E-state index is 5.76. The van der Waals surface area contributed by atoms with Crippen LogP contribution < -0.4 is 5.32 Å². The molecule has 0 fully saturated rings. The number of pyridine rings is 1. The number of halogens is 3. The molecule has 16 heavy (non-hydrogen) atoms. The predicted molar refractivity (Wildman–Crippen MR) is 74.4 cm³/mol. The highest BCUT2D eigenvalue weighted by Gasteiger charge is 2.01. The summed E-state index contributed by atoms with van der Waals surface area (Å²) in [5.41, 5.74) is 0.948. The molecule has 0 atom stereocenters. The fourth-order valence-corrected chi connectivity index (χ4v) is 2.00. The fraction of sp³-hybridized carbons (Fsp3) is 0. The maximum Gasteiger partial charge on any atom is 0.130 e. The zero-order valence-corrected chi connectivity index (χ0v) is 12.0. The lowest BCUT2D eigenvalue weighted by molar-refractivity contribution is 1.30. The summed E-state index contributed by atoms with van der Waals surface area (Å²) in [4.78, 5) is 4.17. The molecule has 0 radical (unpaired) electrons. The first-order valence-corrected chi connectivity index (χ1v) is 6.45. The van der Waals surface area contributed by atoms with E-state index in [0.717, 1.165) is 20.5 Å². The first kappa shape index (κ1) is 11.9. The average Bonchev–Trinajstić information content (AvgIpc) is 2.27. The number of rotatable bonds is 2. The first-order chi connectivity index (χ1) is 7.65. The van der Waals surface area contributed by atoms with Gasteiger partial charge in [-0.05, 0) is 46.3 Å². The van der Waals surface area contributed by atoms with Crippen molar-refractivity contribution in [3.8, 4) is 0 Å². The van der Waals surface area contributed by atoms with E-state index in [1.54, 1.807) is 12.3 Å². The summed E-state index contributed by atoms with van der Waals surface area (Å²) in [6.07, 6.45) is 1.61. The quantitative estimate of drug-likeness (QED) is 0.813. The molecule has 2 aromatic rings. The highest BCUT2D eigenvalue weighted by Crippen LogP contribution is 2.28.